The van der Waals surface area contributed by atoms with Crippen LogP contribution in [0, 0.1) is 5.92 Å². The highest BCUT2D eigenvalue weighted by molar-refractivity contribution is 5.70. The number of rotatable bonds is 2. The van der Waals surface area contributed by atoms with Crippen molar-refractivity contribution < 1.29 is 19.8 Å². The van der Waals surface area contributed by atoms with Gasteiger partial charge in [0.2, 0.25) is 0 Å². The fraction of sp³-hybridized carbons (Fsp3) is 0.833. The van der Waals surface area contributed by atoms with Gasteiger partial charge in [-0.1, -0.05) is 0 Å². The van der Waals surface area contributed by atoms with Crippen molar-refractivity contribution in [3.63, 3.8) is 0 Å². The number of nitrogens with zero attached hydrogens (tertiary/aromatic N) is 2. The predicted octanol–water partition coefficient (Wildman–Crippen LogP) is 0.925. The summed E-state index contributed by atoms with van der Waals surface area (Å²) in [7, 11) is 0. The summed E-state index contributed by atoms with van der Waals surface area (Å²) in [6.07, 6.45) is 2.33. The monoisotopic (exact) mass is 256 g/mol. The molecule has 0 radical (unpaired) electrons. The molecule has 2 saturated heterocycles. The largest absolute Gasteiger partial charge is 0.481 e. The van der Waals surface area contributed by atoms with Crippen LogP contribution >= 0.6 is 0 Å². The molecule has 0 saturated carbocycles. The summed E-state index contributed by atoms with van der Waals surface area (Å²) < 4.78 is 0. The third-order valence-electron chi connectivity index (χ3n) is 4.13. The zero-order chi connectivity index (χ0) is 13.1. The number of amides is 1. The Morgan fingerprint density at radius 3 is 1.89 bits per heavy atom. The average Bonchev–Trinajstić information content (AvgIpc) is 2.39. The molecule has 0 spiro atoms. The molecule has 102 valence electrons. The Balaban J connectivity index is 1.78. The van der Waals surface area contributed by atoms with E-state index in [1.165, 1.54) is 4.90 Å². The molecule has 2 fully saturated rings. The number of hydrogen-bond donors (Lipinski definition) is 2. The first-order valence-electron chi connectivity index (χ1n) is 6.52. The molecule has 2 N–H and O–H groups in total. The van der Waals surface area contributed by atoms with Crippen LogP contribution in [0.15, 0.2) is 0 Å². The first-order chi connectivity index (χ1) is 8.58. The Morgan fingerprint density at radius 1 is 0.889 bits per heavy atom. The van der Waals surface area contributed by atoms with Gasteiger partial charge < -0.3 is 20.0 Å². The van der Waals surface area contributed by atoms with E-state index in [0.717, 1.165) is 25.9 Å². The maximum atomic E-state index is 10.9. The van der Waals surface area contributed by atoms with Gasteiger partial charge in [-0.2, -0.15) is 0 Å². The Bertz CT molecular complexity index is 286. The van der Waals surface area contributed by atoms with Gasteiger partial charge in [-0.15, -0.1) is 0 Å². The lowest BCUT2D eigenvalue weighted by molar-refractivity contribution is -0.143. The minimum absolute atomic E-state index is 0.194. The minimum Gasteiger partial charge on any atom is -0.481 e. The summed E-state index contributed by atoms with van der Waals surface area (Å²) in [5, 5.41) is 17.8. The molecule has 0 aromatic heterocycles. The Morgan fingerprint density at radius 2 is 1.44 bits per heavy atom. The van der Waals surface area contributed by atoms with E-state index in [1.807, 2.05) is 0 Å². The second kappa shape index (κ2) is 5.56. The second-order valence-corrected chi connectivity index (χ2v) is 5.15. The van der Waals surface area contributed by atoms with E-state index < -0.39 is 12.1 Å². The molecule has 0 aromatic rings. The molecule has 6 heteroatoms. The first kappa shape index (κ1) is 13.1. The fourth-order valence-corrected chi connectivity index (χ4v) is 2.93. The van der Waals surface area contributed by atoms with Crippen molar-refractivity contribution in [3.05, 3.63) is 0 Å². The highest BCUT2D eigenvalue weighted by Gasteiger charge is 2.31. The van der Waals surface area contributed by atoms with Crippen molar-refractivity contribution in [2.45, 2.75) is 31.7 Å². The number of likely N-dealkylation sites (tertiary alicyclic amines) is 2. The standard InChI is InChI=1S/C12H20N2O4/c15-11(16)9-1-5-13(6-2-9)10-3-7-14(8-4-10)12(17)18/h9-10H,1-8H2,(H,15,16)(H,17,18). The number of piperidine rings is 2. The normalized spacial score (nSPS) is 24.1. The summed E-state index contributed by atoms with van der Waals surface area (Å²) in [4.78, 5) is 25.5. The lowest BCUT2D eigenvalue weighted by Gasteiger charge is -2.40. The zero-order valence-electron chi connectivity index (χ0n) is 10.4. The maximum absolute atomic E-state index is 10.9. The van der Waals surface area contributed by atoms with Crippen molar-refractivity contribution in [2.75, 3.05) is 26.2 Å². The summed E-state index contributed by atoms with van der Waals surface area (Å²) >= 11 is 0. The van der Waals surface area contributed by atoms with Gasteiger partial charge in [-0.25, -0.2) is 4.79 Å². The van der Waals surface area contributed by atoms with Gasteiger partial charge in [-0.05, 0) is 38.8 Å². The Hall–Kier alpha value is -1.30. The van der Waals surface area contributed by atoms with Crippen molar-refractivity contribution in [2.24, 2.45) is 5.92 Å². The van der Waals surface area contributed by atoms with Crippen LogP contribution in [0.5, 0.6) is 0 Å². The lowest BCUT2D eigenvalue weighted by Crippen LogP contribution is -2.49. The molecule has 2 heterocycles. The molecular weight excluding hydrogens is 236 g/mol. The number of carboxylic acid groups (broad SMARTS) is 2. The summed E-state index contributed by atoms with van der Waals surface area (Å²) in [5.41, 5.74) is 0. The van der Waals surface area contributed by atoms with Crippen LogP contribution in [-0.2, 0) is 4.79 Å². The Labute approximate surface area is 106 Å². The smallest absolute Gasteiger partial charge is 0.407 e. The van der Waals surface area contributed by atoms with Crippen molar-refractivity contribution in [3.8, 4) is 0 Å². The molecule has 1 amide bonds. The Kier molecular flexibility index (Phi) is 4.06. The quantitative estimate of drug-likeness (QED) is 0.768. The van der Waals surface area contributed by atoms with E-state index in [-0.39, 0.29) is 5.92 Å². The fourth-order valence-electron chi connectivity index (χ4n) is 2.93. The molecule has 0 aliphatic carbocycles. The minimum atomic E-state index is -0.835. The van der Waals surface area contributed by atoms with Crippen LogP contribution in [0.1, 0.15) is 25.7 Å². The number of carbonyl (C=O) groups is 2. The lowest BCUT2D eigenvalue weighted by atomic mass is 9.94. The van der Waals surface area contributed by atoms with Gasteiger partial charge in [0.15, 0.2) is 0 Å². The van der Waals surface area contributed by atoms with Gasteiger partial charge in [0, 0.05) is 19.1 Å². The number of hydrogen-bond acceptors (Lipinski definition) is 3. The number of carboxylic acids is 1. The van der Waals surface area contributed by atoms with Crippen molar-refractivity contribution in [1.82, 2.24) is 9.80 Å². The van der Waals surface area contributed by atoms with Crippen LogP contribution in [0.25, 0.3) is 0 Å². The van der Waals surface area contributed by atoms with Crippen LogP contribution in [0.3, 0.4) is 0 Å². The van der Waals surface area contributed by atoms with Crippen molar-refractivity contribution >= 4 is 12.1 Å². The van der Waals surface area contributed by atoms with Crippen molar-refractivity contribution in [1.29, 1.82) is 0 Å². The third-order valence-corrected chi connectivity index (χ3v) is 4.13. The topological polar surface area (TPSA) is 81.1 Å². The van der Waals surface area contributed by atoms with Gasteiger partial charge in [0.25, 0.3) is 0 Å². The van der Waals surface area contributed by atoms with Gasteiger partial charge in [0.05, 0.1) is 5.92 Å². The van der Waals surface area contributed by atoms with E-state index in [9.17, 15) is 9.59 Å². The molecule has 6 nitrogen and oxygen atoms in total. The zero-order valence-corrected chi connectivity index (χ0v) is 10.4. The van der Waals surface area contributed by atoms with Gasteiger partial charge in [0.1, 0.15) is 0 Å². The molecule has 0 unspecified atom stereocenters. The molecule has 2 rings (SSSR count). The van der Waals surface area contributed by atoms with E-state index in [0.29, 0.717) is 32.0 Å². The van der Waals surface area contributed by atoms with Crippen LogP contribution in [0.4, 0.5) is 4.79 Å². The molecule has 0 atom stereocenters. The van der Waals surface area contributed by atoms with E-state index >= 15 is 0 Å². The maximum Gasteiger partial charge on any atom is 0.407 e. The molecule has 2 aliphatic rings. The highest BCUT2D eigenvalue weighted by atomic mass is 16.4. The summed E-state index contributed by atoms with van der Waals surface area (Å²) in [6.45, 7) is 2.85. The van der Waals surface area contributed by atoms with E-state index in [1.54, 1.807) is 0 Å². The van der Waals surface area contributed by atoms with Gasteiger partial charge >= 0.3 is 12.1 Å². The molecule has 2 aliphatic heterocycles. The SMILES string of the molecule is O=C(O)C1CCN(C2CCN(C(=O)O)CC2)CC1. The molecule has 0 bridgehead atoms. The van der Waals surface area contributed by atoms with Gasteiger partial charge in [-0.3, -0.25) is 4.79 Å². The van der Waals surface area contributed by atoms with Crippen LogP contribution in [-0.4, -0.2) is 64.3 Å². The van der Waals surface area contributed by atoms with E-state index in [4.69, 9.17) is 10.2 Å². The van der Waals surface area contributed by atoms with Crippen LogP contribution in [0.2, 0.25) is 0 Å². The first-order valence-corrected chi connectivity index (χ1v) is 6.52. The third kappa shape index (κ3) is 2.93. The highest BCUT2D eigenvalue weighted by Crippen LogP contribution is 2.23. The molecule has 18 heavy (non-hydrogen) atoms. The number of aliphatic carboxylic acids is 1. The van der Waals surface area contributed by atoms with E-state index in [2.05, 4.69) is 4.90 Å². The predicted molar refractivity (Wildman–Crippen MR) is 64.6 cm³/mol. The molecule has 0 aromatic carbocycles. The average molecular weight is 256 g/mol. The summed E-state index contributed by atoms with van der Waals surface area (Å²) in [6, 6.07) is 0.426. The summed E-state index contributed by atoms with van der Waals surface area (Å²) in [5.74, 6) is -0.879. The second-order valence-electron chi connectivity index (χ2n) is 5.15. The molecular formula is C12H20N2O4. The van der Waals surface area contributed by atoms with Crippen LogP contribution < -0.4 is 0 Å².